The zero-order chi connectivity index (χ0) is 32.9. The molecule has 0 rings (SSSR count). The molecule has 0 aromatic heterocycles. The summed E-state index contributed by atoms with van der Waals surface area (Å²) in [4.78, 5) is 23.5. The van der Waals surface area contributed by atoms with E-state index in [-0.39, 0.29) is 18.5 Å². The normalized spacial score (nSPS) is 12.2. The fraction of sp³-hybridized carbons (Fsp3) is 0.902. The number of carboxylic acids is 1. The minimum atomic E-state index is -0.809. The number of unbranched alkanes of at least 4 members (excludes halogenated alkanes) is 27. The lowest BCUT2D eigenvalue weighted by Crippen LogP contribution is -2.19. The van der Waals surface area contributed by atoms with E-state index >= 15 is 0 Å². The van der Waals surface area contributed by atoms with Crippen molar-refractivity contribution in [3.8, 4) is 0 Å². The number of hydrogen-bond donors (Lipinski definition) is 1. The Morgan fingerprint density at radius 3 is 1.22 bits per heavy atom. The standard InChI is InChI=1S/C41H78O4/c1-3-5-7-9-11-13-15-16-17-18-19-20-21-22-23-24-26-28-30-32-34-36-41(44)45-39(37-38-40(42)43)35-33-31-29-27-25-14-12-10-8-6-4-2/h16-17,39H,3-15,18-38H2,1-2H3,(H,42,43)/b17-16-. The molecule has 0 aliphatic carbocycles. The highest BCUT2D eigenvalue weighted by Crippen LogP contribution is 2.18. The van der Waals surface area contributed by atoms with Gasteiger partial charge in [0.15, 0.2) is 0 Å². The zero-order valence-corrected chi connectivity index (χ0v) is 30.4. The highest BCUT2D eigenvalue weighted by molar-refractivity contribution is 5.69. The van der Waals surface area contributed by atoms with Crippen LogP contribution in [0.1, 0.15) is 232 Å². The van der Waals surface area contributed by atoms with E-state index in [0.29, 0.717) is 12.8 Å². The SMILES string of the molecule is CCCCCCCC/C=C\CCCCCCCCCCCCCC(=O)OC(CCCCCCCCCCCCC)CCC(=O)O. The highest BCUT2D eigenvalue weighted by Gasteiger charge is 2.16. The molecule has 0 aliphatic rings. The van der Waals surface area contributed by atoms with E-state index in [1.54, 1.807) is 0 Å². The van der Waals surface area contributed by atoms with Crippen LogP contribution in [0.25, 0.3) is 0 Å². The molecule has 4 heteroatoms. The van der Waals surface area contributed by atoms with Crippen molar-refractivity contribution in [3.05, 3.63) is 12.2 Å². The Kier molecular flexibility index (Phi) is 36.1. The van der Waals surface area contributed by atoms with Gasteiger partial charge in [0, 0.05) is 12.8 Å². The molecule has 45 heavy (non-hydrogen) atoms. The van der Waals surface area contributed by atoms with Gasteiger partial charge in [-0.15, -0.1) is 0 Å². The zero-order valence-electron chi connectivity index (χ0n) is 30.4. The van der Waals surface area contributed by atoms with Crippen molar-refractivity contribution >= 4 is 11.9 Å². The first-order chi connectivity index (χ1) is 22.1. The highest BCUT2D eigenvalue weighted by atomic mass is 16.5. The summed E-state index contributed by atoms with van der Waals surface area (Å²) in [6, 6.07) is 0. The molecule has 0 saturated carbocycles. The maximum Gasteiger partial charge on any atom is 0.306 e. The van der Waals surface area contributed by atoms with E-state index in [1.165, 1.54) is 167 Å². The van der Waals surface area contributed by atoms with Gasteiger partial charge in [-0.2, -0.15) is 0 Å². The number of carbonyl (C=O) groups is 2. The van der Waals surface area contributed by atoms with Crippen molar-refractivity contribution in [2.24, 2.45) is 0 Å². The first-order valence-corrected chi connectivity index (χ1v) is 20.2. The molecule has 1 unspecified atom stereocenters. The Bertz CT molecular complexity index is 643. The molecular formula is C41H78O4. The molecule has 0 spiro atoms. The smallest absolute Gasteiger partial charge is 0.306 e. The van der Waals surface area contributed by atoms with Crippen LogP contribution >= 0.6 is 0 Å². The summed E-state index contributed by atoms with van der Waals surface area (Å²) < 4.78 is 5.73. The van der Waals surface area contributed by atoms with Crippen LogP contribution in [-0.4, -0.2) is 23.1 Å². The molecule has 4 nitrogen and oxygen atoms in total. The summed E-state index contributed by atoms with van der Waals surface area (Å²) in [6.45, 7) is 4.54. The molecule has 0 heterocycles. The number of aliphatic carboxylic acids is 1. The van der Waals surface area contributed by atoms with Gasteiger partial charge in [-0.05, 0) is 51.4 Å². The number of ether oxygens (including phenoxy) is 1. The van der Waals surface area contributed by atoms with Gasteiger partial charge < -0.3 is 9.84 Å². The van der Waals surface area contributed by atoms with E-state index in [2.05, 4.69) is 26.0 Å². The molecule has 0 fully saturated rings. The van der Waals surface area contributed by atoms with E-state index in [0.717, 1.165) is 32.1 Å². The van der Waals surface area contributed by atoms with Crippen LogP contribution in [-0.2, 0) is 14.3 Å². The van der Waals surface area contributed by atoms with E-state index in [9.17, 15) is 9.59 Å². The van der Waals surface area contributed by atoms with E-state index in [4.69, 9.17) is 9.84 Å². The molecule has 0 radical (unpaired) electrons. The maximum absolute atomic E-state index is 12.4. The second kappa shape index (κ2) is 37.1. The van der Waals surface area contributed by atoms with Gasteiger partial charge in [0.1, 0.15) is 6.10 Å². The van der Waals surface area contributed by atoms with Crippen LogP contribution in [0.15, 0.2) is 12.2 Å². The first kappa shape index (κ1) is 43.7. The molecule has 0 saturated heterocycles. The first-order valence-electron chi connectivity index (χ1n) is 20.2. The predicted octanol–water partition coefficient (Wildman–Crippen LogP) is 13.8. The average Bonchev–Trinajstić information content (AvgIpc) is 3.03. The molecule has 0 aromatic rings. The third-order valence-electron chi connectivity index (χ3n) is 9.25. The molecule has 1 atom stereocenters. The molecular weight excluding hydrogens is 556 g/mol. The van der Waals surface area contributed by atoms with E-state index < -0.39 is 5.97 Å². The Morgan fingerprint density at radius 2 is 0.822 bits per heavy atom. The second-order valence-corrected chi connectivity index (χ2v) is 13.8. The number of hydrogen-bond acceptors (Lipinski definition) is 3. The minimum Gasteiger partial charge on any atom is -0.481 e. The Morgan fingerprint density at radius 1 is 0.467 bits per heavy atom. The number of rotatable bonds is 37. The van der Waals surface area contributed by atoms with Gasteiger partial charge in [-0.1, -0.05) is 180 Å². The van der Waals surface area contributed by atoms with Crippen molar-refractivity contribution in [2.75, 3.05) is 0 Å². The quantitative estimate of drug-likeness (QED) is 0.0419. The molecule has 1 N–H and O–H groups in total. The van der Waals surface area contributed by atoms with Crippen LogP contribution in [0, 0.1) is 0 Å². The lowest BCUT2D eigenvalue weighted by Gasteiger charge is -2.17. The monoisotopic (exact) mass is 635 g/mol. The van der Waals surface area contributed by atoms with Gasteiger partial charge in [0.25, 0.3) is 0 Å². The van der Waals surface area contributed by atoms with Crippen LogP contribution < -0.4 is 0 Å². The lowest BCUT2D eigenvalue weighted by molar-refractivity contribution is -0.151. The van der Waals surface area contributed by atoms with Gasteiger partial charge in [-0.3, -0.25) is 9.59 Å². The van der Waals surface area contributed by atoms with E-state index in [1.807, 2.05) is 0 Å². The maximum atomic E-state index is 12.4. The van der Waals surface area contributed by atoms with Crippen molar-refractivity contribution in [1.29, 1.82) is 0 Å². The fourth-order valence-electron chi connectivity index (χ4n) is 6.23. The van der Waals surface area contributed by atoms with Gasteiger partial charge in [-0.25, -0.2) is 0 Å². The number of carbonyl (C=O) groups excluding carboxylic acids is 1. The van der Waals surface area contributed by atoms with Crippen LogP contribution in [0.5, 0.6) is 0 Å². The van der Waals surface area contributed by atoms with Gasteiger partial charge in [0.2, 0.25) is 0 Å². The fourth-order valence-corrected chi connectivity index (χ4v) is 6.23. The summed E-state index contributed by atoms with van der Waals surface area (Å²) >= 11 is 0. The molecule has 266 valence electrons. The van der Waals surface area contributed by atoms with Gasteiger partial charge >= 0.3 is 11.9 Å². The summed E-state index contributed by atoms with van der Waals surface area (Å²) in [7, 11) is 0. The Hall–Kier alpha value is -1.32. The average molecular weight is 635 g/mol. The molecule has 0 aromatic carbocycles. The van der Waals surface area contributed by atoms with Crippen molar-refractivity contribution in [3.63, 3.8) is 0 Å². The van der Waals surface area contributed by atoms with Crippen LogP contribution in [0.4, 0.5) is 0 Å². The number of allylic oxidation sites excluding steroid dienone is 2. The van der Waals surface area contributed by atoms with Crippen molar-refractivity contribution < 1.29 is 19.4 Å². The third kappa shape index (κ3) is 37.0. The summed E-state index contributed by atoms with van der Waals surface area (Å²) in [5, 5.41) is 9.10. The number of esters is 1. The summed E-state index contributed by atoms with van der Waals surface area (Å²) in [5.41, 5.74) is 0. The van der Waals surface area contributed by atoms with Gasteiger partial charge in [0.05, 0.1) is 0 Å². The largest absolute Gasteiger partial charge is 0.481 e. The second-order valence-electron chi connectivity index (χ2n) is 13.8. The summed E-state index contributed by atoms with van der Waals surface area (Å²) in [6.07, 6.45) is 45.2. The Balaban J connectivity index is 3.63. The molecule has 0 amide bonds. The third-order valence-corrected chi connectivity index (χ3v) is 9.25. The molecule has 0 aliphatic heterocycles. The van der Waals surface area contributed by atoms with Crippen LogP contribution in [0.3, 0.4) is 0 Å². The topological polar surface area (TPSA) is 63.6 Å². The van der Waals surface area contributed by atoms with Crippen molar-refractivity contribution in [1.82, 2.24) is 0 Å². The Labute approximate surface area is 281 Å². The molecule has 0 bridgehead atoms. The van der Waals surface area contributed by atoms with Crippen molar-refractivity contribution in [2.45, 2.75) is 238 Å². The predicted molar refractivity (Wildman–Crippen MR) is 195 cm³/mol. The number of carboxylic acid groups (broad SMARTS) is 1. The lowest BCUT2D eigenvalue weighted by atomic mass is 10.0. The minimum absolute atomic E-state index is 0.0761. The summed E-state index contributed by atoms with van der Waals surface area (Å²) in [5.74, 6) is -0.946. The van der Waals surface area contributed by atoms with Crippen LogP contribution in [0.2, 0.25) is 0 Å².